The number of nitrogens with one attached hydrogen (secondary N) is 1. The van der Waals surface area contributed by atoms with E-state index in [-0.39, 0.29) is 18.4 Å². The number of hydrogen-bond donors (Lipinski definition) is 2. The van der Waals surface area contributed by atoms with Gasteiger partial charge in [-0.15, -0.1) is 5.10 Å². The van der Waals surface area contributed by atoms with Crippen molar-refractivity contribution in [1.82, 2.24) is 25.0 Å². The number of carbonyl (C=O) groups excluding carboxylic acids is 1. The summed E-state index contributed by atoms with van der Waals surface area (Å²) in [5.74, 6) is 0.140. The first-order chi connectivity index (χ1) is 9.24. The van der Waals surface area contributed by atoms with Crippen LogP contribution in [-0.4, -0.2) is 51.8 Å². The van der Waals surface area contributed by atoms with Crippen LogP contribution in [0.1, 0.15) is 25.7 Å². The highest BCUT2D eigenvalue weighted by molar-refractivity contribution is 5.75. The molecule has 3 N–H and O–H groups in total. The molecule has 1 amide bonds. The number of amides is 1. The number of nitrogens with zero attached hydrogens (tertiary/aromatic N) is 4. The Morgan fingerprint density at radius 2 is 2.16 bits per heavy atom. The van der Waals surface area contributed by atoms with Crippen molar-refractivity contribution in [2.24, 2.45) is 0 Å². The van der Waals surface area contributed by atoms with E-state index in [0.717, 1.165) is 13.0 Å². The Morgan fingerprint density at radius 1 is 1.37 bits per heavy atom. The maximum Gasteiger partial charge on any atom is 0.241 e. The Hall–Kier alpha value is -1.63. The molecule has 1 fully saturated rings. The summed E-state index contributed by atoms with van der Waals surface area (Å²) < 4.78 is 1.44. The van der Waals surface area contributed by atoms with Gasteiger partial charge in [0.15, 0.2) is 0 Å². The van der Waals surface area contributed by atoms with Crippen molar-refractivity contribution in [3.63, 3.8) is 0 Å². The fourth-order valence-electron chi connectivity index (χ4n) is 2.30. The second-order valence-electron chi connectivity index (χ2n) is 4.91. The van der Waals surface area contributed by atoms with Gasteiger partial charge in [0.05, 0.1) is 0 Å². The Bertz CT molecular complexity index is 399. The molecule has 0 saturated carbocycles. The van der Waals surface area contributed by atoms with Crippen LogP contribution in [0.4, 0.5) is 5.95 Å². The number of nitrogen functional groups attached to an aromatic ring is 1. The van der Waals surface area contributed by atoms with Crippen LogP contribution in [0.25, 0.3) is 0 Å². The van der Waals surface area contributed by atoms with Gasteiger partial charge in [-0.2, -0.15) is 0 Å². The molecule has 19 heavy (non-hydrogen) atoms. The summed E-state index contributed by atoms with van der Waals surface area (Å²) in [5, 5.41) is 6.75. The minimum Gasteiger partial charge on any atom is -0.367 e. The third kappa shape index (κ3) is 4.86. The van der Waals surface area contributed by atoms with E-state index in [9.17, 15) is 4.79 Å². The first kappa shape index (κ1) is 13.8. The third-order valence-electron chi connectivity index (χ3n) is 3.28. The van der Waals surface area contributed by atoms with Crippen LogP contribution >= 0.6 is 0 Å². The van der Waals surface area contributed by atoms with Gasteiger partial charge in [0, 0.05) is 6.54 Å². The molecule has 2 heterocycles. The predicted molar refractivity (Wildman–Crippen MR) is 72.4 cm³/mol. The molecular formula is C12H22N6O. The monoisotopic (exact) mass is 266 g/mol. The largest absolute Gasteiger partial charge is 0.367 e. The summed E-state index contributed by atoms with van der Waals surface area (Å²) in [6, 6.07) is 0. The zero-order valence-corrected chi connectivity index (χ0v) is 11.2. The third-order valence-corrected chi connectivity index (χ3v) is 3.28. The van der Waals surface area contributed by atoms with E-state index in [1.54, 1.807) is 0 Å². The van der Waals surface area contributed by atoms with E-state index in [1.165, 1.54) is 43.4 Å². The molecule has 0 bridgehead atoms. The van der Waals surface area contributed by atoms with Crippen LogP contribution in [0.2, 0.25) is 0 Å². The molecule has 106 valence electrons. The maximum absolute atomic E-state index is 11.6. The number of rotatable bonds is 6. The molecule has 1 saturated heterocycles. The number of nitrogens with two attached hydrogens (primary N) is 1. The van der Waals surface area contributed by atoms with Crippen LogP contribution < -0.4 is 11.1 Å². The standard InChI is InChI=1S/C12H22N6O/c13-12-15-10-18(16-12)9-11(19)14-5-4-8-17-6-2-1-3-7-17/h10H,1-9H2,(H2,13,16)(H,14,19). The summed E-state index contributed by atoms with van der Waals surface area (Å²) in [6.45, 7) is 4.35. The van der Waals surface area contributed by atoms with E-state index >= 15 is 0 Å². The lowest BCUT2D eigenvalue weighted by molar-refractivity contribution is -0.121. The zero-order chi connectivity index (χ0) is 13.5. The van der Waals surface area contributed by atoms with Gasteiger partial charge in [-0.3, -0.25) is 4.79 Å². The molecule has 1 aliphatic rings. The van der Waals surface area contributed by atoms with Crippen molar-refractivity contribution in [3.8, 4) is 0 Å². The SMILES string of the molecule is Nc1ncn(CC(=O)NCCCN2CCCCC2)n1. The minimum absolute atomic E-state index is 0.0523. The zero-order valence-electron chi connectivity index (χ0n) is 11.2. The van der Waals surface area contributed by atoms with Gasteiger partial charge in [-0.1, -0.05) is 6.42 Å². The van der Waals surface area contributed by atoms with Gasteiger partial charge in [0.1, 0.15) is 12.9 Å². The van der Waals surface area contributed by atoms with Crippen molar-refractivity contribution in [3.05, 3.63) is 6.33 Å². The highest BCUT2D eigenvalue weighted by Crippen LogP contribution is 2.08. The van der Waals surface area contributed by atoms with Gasteiger partial charge in [-0.25, -0.2) is 9.67 Å². The minimum atomic E-state index is -0.0523. The summed E-state index contributed by atoms with van der Waals surface area (Å²) >= 11 is 0. The van der Waals surface area contributed by atoms with Gasteiger partial charge in [0.2, 0.25) is 11.9 Å². The average Bonchev–Trinajstić information content (AvgIpc) is 2.81. The molecule has 0 aliphatic carbocycles. The highest BCUT2D eigenvalue weighted by Gasteiger charge is 2.09. The molecule has 2 rings (SSSR count). The molecule has 1 aliphatic heterocycles. The number of anilines is 1. The Balaban J connectivity index is 1.56. The lowest BCUT2D eigenvalue weighted by Gasteiger charge is -2.26. The average molecular weight is 266 g/mol. The van der Waals surface area contributed by atoms with Gasteiger partial charge in [-0.05, 0) is 38.9 Å². The van der Waals surface area contributed by atoms with Crippen LogP contribution in [0.5, 0.6) is 0 Å². The number of hydrogen-bond acceptors (Lipinski definition) is 5. The second kappa shape index (κ2) is 7.08. The lowest BCUT2D eigenvalue weighted by atomic mass is 10.1. The van der Waals surface area contributed by atoms with Crippen LogP contribution in [0.3, 0.4) is 0 Å². The van der Waals surface area contributed by atoms with E-state index in [0.29, 0.717) is 6.54 Å². The molecule has 0 atom stereocenters. The molecule has 1 aromatic rings. The van der Waals surface area contributed by atoms with Crippen molar-refractivity contribution in [2.45, 2.75) is 32.2 Å². The first-order valence-electron chi connectivity index (χ1n) is 6.88. The number of likely N-dealkylation sites (tertiary alicyclic amines) is 1. The van der Waals surface area contributed by atoms with Gasteiger partial charge < -0.3 is 16.0 Å². The van der Waals surface area contributed by atoms with Crippen LogP contribution in [0, 0.1) is 0 Å². The quantitative estimate of drug-likeness (QED) is 0.699. The number of piperidine rings is 1. The van der Waals surface area contributed by atoms with E-state index < -0.39 is 0 Å². The normalized spacial score (nSPS) is 16.4. The van der Waals surface area contributed by atoms with E-state index in [2.05, 4.69) is 20.3 Å². The van der Waals surface area contributed by atoms with Crippen molar-refractivity contribution in [1.29, 1.82) is 0 Å². The molecule has 0 radical (unpaired) electrons. The summed E-state index contributed by atoms with van der Waals surface area (Å²) in [4.78, 5) is 17.9. The summed E-state index contributed by atoms with van der Waals surface area (Å²) in [6.07, 6.45) is 6.42. The van der Waals surface area contributed by atoms with Crippen LogP contribution in [-0.2, 0) is 11.3 Å². The first-order valence-corrected chi connectivity index (χ1v) is 6.88. The predicted octanol–water partition coefficient (Wildman–Crippen LogP) is -0.147. The Morgan fingerprint density at radius 3 is 2.84 bits per heavy atom. The van der Waals surface area contributed by atoms with Crippen molar-refractivity contribution in [2.75, 3.05) is 31.9 Å². The van der Waals surface area contributed by atoms with Gasteiger partial charge in [0.25, 0.3) is 0 Å². The van der Waals surface area contributed by atoms with Crippen molar-refractivity contribution < 1.29 is 4.79 Å². The molecule has 0 spiro atoms. The summed E-state index contributed by atoms with van der Waals surface area (Å²) in [7, 11) is 0. The van der Waals surface area contributed by atoms with E-state index in [4.69, 9.17) is 5.73 Å². The fraction of sp³-hybridized carbons (Fsp3) is 0.750. The van der Waals surface area contributed by atoms with Crippen molar-refractivity contribution >= 4 is 11.9 Å². The van der Waals surface area contributed by atoms with Crippen LogP contribution in [0.15, 0.2) is 6.33 Å². The molecular weight excluding hydrogens is 244 g/mol. The number of aromatic nitrogens is 3. The Kier molecular flexibility index (Phi) is 5.14. The highest BCUT2D eigenvalue weighted by atomic mass is 16.2. The molecule has 7 heteroatoms. The topological polar surface area (TPSA) is 89.1 Å². The Labute approximate surface area is 113 Å². The smallest absolute Gasteiger partial charge is 0.241 e. The second-order valence-corrected chi connectivity index (χ2v) is 4.91. The lowest BCUT2D eigenvalue weighted by Crippen LogP contribution is -2.34. The maximum atomic E-state index is 11.6. The molecule has 0 unspecified atom stereocenters. The number of carbonyl (C=O) groups is 1. The molecule has 0 aromatic carbocycles. The van der Waals surface area contributed by atoms with E-state index in [1.807, 2.05) is 0 Å². The molecule has 1 aromatic heterocycles. The fourth-order valence-corrected chi connectivity index (χ4v) is 2.30. The summed E-state index contributed by atoms with van der Waals surface area (Å²) in [5.41, 5.74) is 5.38. The molecule has 7 nitrogen and oxygen atoms in total. The van der Waals surface area contributed by atoms with Gasteiger partial charge >= 0.3 is 0 Å².